The fourth-order valence-corrected chi connectivity index (χ4v) is 1.66. The van der Waals surface area contributed by atoms with Crippen LogP contribution in [-0.4, -0.2) is 43.0 Å². The molecule has 0 saturated carbocycles. The molecule has 1 aromatic rings. The zero-order chi connectivity index (χ0) is 12.7. The van der Waals surface area contributed by atoms with Gasteiger partial charge in [-0.1, -0.05) is 0 Å². The molecule has 0 amide bonds. The molecule has 0 spiro atoms. The third-order valence-electron chi connectivity index (χ3n) is 2.65. The molecule has 0 unspecified atom stereocenters. The number of rotatable bonds is 8. The maximum absolute atomic E-state index is 10.8. The second-order valence-corrected chi connectivity index (χ2v) is 3.88. The Morgan fingerprint density at radius 3 is 2.65 bits per heavy atom. The molecule has 0 radical (unpaired) electrons. The average Bonchev–Trinajstić information content (AvgIpc) is 2.58. The second-order valence-electron chi connectivity index (χ2n) is 3.88. The van der Waals surface area contributed by atoms with Gasteiger partial charge >= 0.3 is 0 Å². The van der Waals surface area contributed by atoms with E-state index in [-0.39, 0.29) is 0 Å². The van der Waals surface area contributed by atoms with Gasteiger partial charge in [0.1, 0.15) is 0 Å². The van der Waals surface area contributed by atoms with Gasteiger partial charge in [0.05, 0.1) is 24.5 Å². The van der Waals surface area contributed by atoms with Gasteiger partial charge in [0, 0.05) is 26.0 Å². The quantitative estimate of drug-likeness (QED) is 0.508. The molecule has 0 aliphatic rings. The van der Waals surface area contributed by atoms with E-state index in [1.54, 1.807) is 7.11 Å². The molecule has 0 bridgehead atoms. The van der Waals surface area contributed by atoms with Gasteiger partial charge in [-0.3, -0.25) is 9.48 Å². The Kier molecular flexibility index (Phi) is 5.86. The van der Waals surface area contributed by atoms with Crippen LogP contribution in [0.25, 0.3) is 0 Å². The van der Waals surface area contributed by atoms with Gasteiger partial charge in [-0.25, -0.2) is 0 Å². The van der Waals surface area contributed by atoms with Crippen molar-refractivity contribution in [2.75, 3.05) is 26.9 Å². The molecule has 1 rings (SSSR count). The van der Waals surface area contributed by atoms with Crippen LogP contribution in [0, 0.1) is 13.8 Å². The molecule has 5 nitrogen and oxygen atoms in total. The first kappa shape index (κ1) is 13.9. The smallest absolute Gasteiger partial charge is 0.153 e. The Morgan fingerprint density at radius 2 is 2.06 bits per heavy atom. The third-order valence-corrected chi connectivity index (χ3v) is 2.65. The molecule has 0 N–H and O–H groups in total. The average molecular weight is 240 g/mol. The van der Waals surface area contributed by atoms with Crippen molar-refractivity contribution in [3.05, 3.63) is 17.0 Å². The van der Waals surface area contributed by atoms with Crippen molar-refractivity contribution < 1.29 is 14.3 Å². The van der Waals surface area contributed by atoms with E-state index in [1.807, 2.05) is 18.5 Å². The second kappa shape index (κ2) is 7.19. The van der Waals surface area contributed by atoms with Crippen molar-refractivity contribution in [2.24, 2.45) is 0 Å². The molecule has 1 heterocycles. The Morgan fingerprint density at radius 1 is 1.29 bits per heavy atom. The zero-order valence-corrected chi connectivity index (χ0v) is 10.7. The van der Waals surface area contributed by atoms with Crippen molar-refractivity contribution in [2.45, 2.75) is 26.8 Å². The Bertz CT molecular complexity index is 361. The summed E-state index contributed by atoms with van der Waals surface area (Å²) < 4.78 is 12.1. The SMILES string of the molecule is COCCOCCCn1nc(C)c(C=O)c1C. The summed E-state index contributed by atoms with van der Waals surface area (Å²) in [7, 11) is 1.65. The van der Waals surface area contributed by atoms with Crippen LogP contribution < -0.4 is 0 Å². The molecule has 1 aromatic heterocycles. The summed E-state index contributed by atoms with van der Waals surface area (Å²) in [4.78, 5) is 10.8. The van der Waals surface area contributed by atoms with Crippen LogP contribution in [-0.2, 0) is 16.0 Å². The number of aldehydes is 1. The summed E-state index contributed by atoms with van der Waals surface area (Å²) >= 11 is 0. The van der Waals surface area contributed by atoms with Crippen molar-refractivity contribution in [1.29, 1.82) is 0 Å². The fraction of sp³-hybridized carbons (Fsp3) is 0.667. The lowest BCUT2D eigenvalue weighted by molar-refractivity contribution is 0.0676. The molecule has 17 heavy (non-hydrogen) atoms. The molecule has 0 aliphatic heterocycles. The van der Waals surface area contributed by atoms with E-state index in [2.05, 4.69) is 5.10 Å². The third kappa shape index (κ3) is 3.94. The van der Waals surface area contributed by atoms with E-state index >= 15 is 0 Å². The highest BCUT2D eigenvalue weighted by Gasteiger charge is 2.09. The van der Waals surface area contributed by atoms with E-state index in [0.717, 1.165) is 30.6 Å². The van der Waals surface area contributed by atoms with Crippen molar-refractivity contribution in [3.8, 4) is 0 Å². The number of hydrogen-bond donors (Lipinski definition) is 0. The van der Waals surface area contributed by atoms with E-state index in [1.165, 1.54) is 0 Å². The number of ether oxygens (including phenoxy) is 2. The predicted molar refractivity (Wildman–Crippen MR) is 64.4 cm³/mol. The first-order valence-corrected chi connectivity index (χ1v) is 5.76. The van der Waals surface area contributed by atoms with Crippen LogP contribution in [0.1, 0.15) is 28.2 Å². The van der Waals surface area contributed by atoms with Crippen LogP contribution in [0.3, 0.4) is 0 Å². The standard InChI is InChI=1S/C12H20N2O3/c1-10-12(9-15)11(2)14(13-10)5-4-6-17-8-7-16-3/h9H,4-8H2,1-3H3. The monoisotopic (exact) mass is 240 g/mol. The van der Waals surface area contributed by atoms with Gasteiger partial charge in [0.2, 0.25) is 0 Å². The van der Waals surface area contributed by atoms with Gasteiger partial charge < -0.3 is 9.47 Å². The van der Waals surface area contributed by atoms with Crippen molar-refractivity contribution in [3.63, 3.8) is 0 Å². The molecule has 0 aromatic carbocycles. The Labute approximate surface area is 102 Å². The zero-order valence-electron chi connectivity index (χ0n) is 10.7. The Balaban J connectivity index is 2.34. The first-order valence-electron chi connectivity index (χ1n) is 5.76. The molecular formula is C12H20N2O3. The number of aromatic nitrogens is 2. The molecule has 0 aliphatic carbocycles. The Hall–Kier alpha value is -1.20. The number of carbonyl (C=O) groups excluding carboxylic acids is 1. The number of hydrogen-bond acceptors (Lipinski definition) is 4. The summed E-state index contributed by atoms with van der Waals surface area (Å²) in [5, 5.41) is 4.32. The van der Waals surface area contributed by atoms with Crippen LogP contribution >= 0.6 is 0 Å². The van der Waals surface area contributed by atoms with Gasteiger partial charge in [0.15, 0.2) is 6.29 Å². The summed E-state index contributed by atoms with van der Waals surface area (Å²) in [6.45, 7) is 6.45. The summed E-state index contributed by atoms with van der Waals surface area (Å²) in [6.07, 6.45) is 1.74. The van der Waals surface area contributed by atoms with E-state index in [4.69, 9.17) is 9.47 Å². The summed E-state index contributed by atoms with van der Waals surface area (Å²) in [6, 6.07) is 0. The molecule has 0 fully saturated rings. The normalized spacial score (nSPS) is 10.8. The van der Waals surface area contributed by atoms with Crippen LogP contribution in [0.5, 0.6) is 0 Å². The minimum Gasteiger partial charge on any atom is -0.382 e. The summed E-state index contributed by atoms with van der Waals surface area (Å²) in [5.41, 5.74) is 2.41. The van der Waals surface area contributed by atoms with Crippen LogP contribution in [0.4, 0.5) is 0 Å². The topological polar surface area (TPSA) is 53.4 Å². The van der Waals surface area contributed by atoms with Crippen molar-refractivity contribution in [1.82, 2.24) is 9.78 Å². The largest absolute Gasteiger partial charge is 0.382 e. The number of methoxy groups -OCH3 is 1. The van der Waals surface area contributed by atoms with E-state index < -0.39 is 0 Å². The first-order chi connectivity index (χ1) is 8.20. The van der Waals surface area contributed by atoms with Gasteiger partial charge in [-0.2, -0.15) is 5.10 Å². The van der Waals surface area contributed by atoms with Gasteiger partial charge in [-0.15, -0.1) is 0 Å². The lowest BCUT2D eigenvalue weighted by Crippen LogP contribution is -2.08. The van der Waals surface area contributed by atoms with E-state index in [9.17, 15) is 4.79 Å². The highest BCUT2D eigenvalue weighted by Crippen LogP contribution is 2.10. The molecule has 0 saturated heterocycles. The minimum atomic E-state index is 0.618. The highest BCUT2D eigenvalue weighted by molar-refractivity contribution is 5.77. The number of aryl methyl sites for hydroxylation is 2. The number of nitrogens with zero attached hydrogens (tertiary/aromatic N) is 2. The lowest BCUT2D eigenvalue weighted by Gasteiger charge is -2.05. The van der Waals surface area contributed by atoms with Crippen LogP contribution in [0.15, 0.2) is 0 Å². The molecule has 5 heteroatoms. The number of carbonyl (C=O) groups is 1. The molecular weight excluding hydrogens is 220 g/mol. The predicted octanol–water partition coefficient (Wildman–Crippen LogP) is 1.37. The lowest BCUT2D eigenvalue weighted by atomic mass is 10.2. The van der Waals surface area contributed by atoms with Crippen molar-refractivity contribution >= 4 is 6.29 Å². The van der Waals surface area contributed by atoms with Gasteiger partial charge in [0.25, 0.3) is 0 Å². The maximum atomic E-state index is 10.8. The van der Waals surface area contributed by atoms with Gasteiger partial charge in [-0.05, 0) is 20.3 Å². The van der Waals surface area contributed by atoms with E-state index in [0.29, 0.717) is 25.4 Å². The minimum absolute atomic E-state index is 0.618. The maximum Gasteiger partial charge on any atom is 0.153 e. The highest BCUT2D eigenvalue weighted by atomic mass is 16.5. The molecule has 96 valence electrons. The fourth-order valence-electron chi connectivity index (χ4n) is 1.66. The summed E-state index contributed by atoms with van der Waals surface area (Å²) in [5.74, 6) is 0. The molecule has 0 atom stereocenters. The van der Waals surface area contributed by atoms with Crippen LogP contribution in [0.2, 0.25) is 0 Å².